The second-order valence-electron chi connectivity index (χ2n) is 7.81. The van der Waals surface area contributed by atoms with Crippen LogP contribution in [0.2, 0.25) is 0 Å². The van der Waals surface area contributed by atoms with E-state index in [1.54, 1.807) is 0 Å². The molecule has 0 radical (unpaired) electrons. The normalized spacial score (nSPS) is 25.6. The standard InChI is InChI=1S/C21H27N3S/c1-7-9-13(8-2)17-18-19(24(6)20(25)23-18)15-12-14(21(3,4)5)10-11-16(15)22-17/h7-12,17-19,22H,1-2H2,3-6H3,(H,23,25)/b13-9+/t17-,18-,19?/m0/s1. The van der Waals surface area contributed by atoms with Crippen LogP contribution in [-0.2, 0) is 5.41 Å². The fourth-order valence-electron chi connectivity index (χ4n) is 3.75. The second-order valence-corrected chi connectivity index (χ2v) is 8.20. The summed E-state index contributed by atoms with van der Waals surface area (Å²) >= 11 is 5.55. The average Bonchev–Trinajstić information content (AvgIpc) is 2.86. The Hall–Kier alpha value is -2.07. The van der Waals surface area contributed by atoms with E-state index in [1.807, 2.05) is 18.2 Å². The second kappa shape index (κ2) is 6.34. The van der Waals surface area contributed by atoms with Gasteiger partial charge in [-0.3, -0.25) is 0 Å². The van der Waals surface area contributed by atoms with E-state index in [0.29, 0.717) is 0 Å². The van der Waals surface area contributed by atoms with E-state index < -0.39 is 0 Å². The van der Waals surface area contributed by atoms with Crippen LogP contribution in [0.4, 0.5) is 5.69 Å². The number of nitrogens with zero attached hydrogens (tertiary/aromatic N) is 1. The van der Waals surface area contributed by atoms with Crippen LogP contribution in [0, 0.1) is 0 Å². The third kappa shape index (κ3) is 2.99. The first kappa shape index (κ1) is 17.7. The first-order valence-corrected chi connectivity index (χ1v) is 9.08. The van der Waals surface area contributed by atoms with Gasteiger partial charge in [0.25, 0.3) is 0 Å². The van der Waals surface area contributed by atoms with Gasteiger partial charge in [0.15, 0.2) is 5.11 Å². The predicted octanol–water partition coefficient (Wildman–Crippen LogP) is 4.31. The minimum Gasteiger partial charge on any atom is -0.376 e. The molecule has 1 aromatic carbocycles. The summed E-state index contributed by atoms with van der Waals surface area (Å²) in [5.74, 6) is 0. The molecule has 2 heterocycles. The topological polar surface area (TPSA) is 27.3 Å². The highest BCUT2D eigenvalue weighted by Crippen LogP contribution is 2.42. The monoisotopic (exact) mass is 353 g/mol. The van der Waals surface area contributed by atoms with E-state index in [0.717, 1.165) is 16.4 Å². The Morgan fingerprint density at radius 2 is 1.96 bits per heavy atom. The molecule has 0 saturated carbocycles. The highest BCUT2D eigenvalue weighted by atomic mass is 32.1. The van der Waals surface area contributed by atoms with E-state index in [4.69, 9.17) is 12.2 Å². The molecule has 0 bridgehead atoms. The van der Waals surface area contributed by atoms with Crippen molar-refractivity contribution in [2.45, 2.75) is 44.3 Å². The number of likely N-dealkylation sites (N-methyl/N-ethyl adjacent to an activating group) is 1. The number of hydrogen-bond donors (Lipinski definition) is 2. The van der Waals surface area contributed by atoms with Crippen molar-refractivity contribution in [3.05, 3.63) is 66.3 Å². The molecule has 2 aliphatic heterocycles. The van der Waals surface area contributed by atoms with Crippen molar-refractivity contribution in [2.75, 3.05) is 12.4 Å². The van der Waals surface area contributed by atoms with Crippen LogP contribution in [0.5, 0.6) is 0 Å². The Morgan fingerprint density at radius 1 is 1.24 bits per heavy atom. The van der Waals surface area contributed by atoms with Crippen LogP contribution in [0.15, 0.2) is 55.2 Å². The van der Waals surface area contributed by atoms with Crippen LogP contribution in [0.3, 0.4) is 0 Å². The Bertz CT molecular complexity index is 757. The summed E-state index contributed by atoms with van der Waals surface area (Å²) in [5, 5.41) is 7.98. The number of benzene rings is 1. The Labute approximate surface area is 156 Å². The summed E-state index contributed by atoms with van der Waals surface area (Å²) in [4.78, 5) is 2.17. The minimum atomic E-state index is 0.0939. The van der Waals surface area contributed by atoms with Crippen molar-refractivity contribution in [3.63, 3.8) is 0 Å². The molecule has 3 rings (SSSR count). The van der Waals surface area contributed by atoms with Gasteiger partial charge in [-0.15, -0.1) is 0 Å². The molecular weight excluding hydrogens is 326 g/mol. The number of nitrogens with one attached hydrogen (secondary N) is 2. The van der Waals surface area contributed by atoms with Crippen molar-refractivity contribution in [1.29, 1.82) is 0 Å². The average molecular weight is 354 g/mol. The van der Waals surface area contributed by atoms with Gasteiger partial charge < -0.3 is 15.5 Å². The fraction of sp³-hybridized carbons (Fsp3) is 0.381. The SMILES string of the molecule is C=C/C=C(\C=C)[C@@H]1Nc2ccc(C(C)(C)C)cc2C2[C@H]1NC(=S)N2C. The lowest BCUT2D eigenvalue weighted by atomic mass is 9.80. The van der Waals surface area contributed by atoms with Crippen molar-refractivity contribution in [3.8, 4) is 0 Å². The third-order valence-electron chi connectivity index (χ3n) is 5.18. The van der Waals surface area contributed by atoms with Gasteiger partial charge in [0.05, 0.1) is 18.1 Å². The zero-order valence-electron chi connectivity index (χ0n) is 15.5. The minimum absolute atomic E-state index is 0.0939. The van der Waals surface area contributed by atoms with Crippen molar-refractivity contribution in [1.82, 2.24) is 10.2 Å². The number of rotatable bonds is 3. The number of hydrogen-bond acceptors (Lipinski definition) is 2. The molecule has 132 valence electrons. The summed E-state index contributed by atoms with van der Waals surface area (Å²) in [6.45, 7) is 14.5. The molecule has 0 amide bonds. The highest BCUT2D eigenvalue weighted by molar-refractivity contribution is 7.80. The van der Waals surface area contributed by atoms with Crippen molar-refractivity contribution in [2.24, 2.45) is 0 Å². The van der Waals surface area contributed by atoms with E-state index in [9.17, 15) is 0 Å². The number of thiocarbonyl (C=S) groups is 1. The third-order valence-corrected chi connectivity index (χ3v) is 5.59. The molecule has 3 nitrogen and oxygen atoms in total. The molecule has 3 atom stereocenters. The van der Waals surface area contributed by atoms with Gasteiger partial charge in [0.2, 0.25) is 0 Å². The largest absolute Gasteiger partial charge is 0.376 e. The van der Waals surface area contributed by atoms with Gasteiger partial charge in [-0.05, 0) is 34.8 Å². The molecule has 0 aliphatic carbocycles. The molecule has 0 aromatic heterocycles. The van der Waals surface area contributed by atoms with Crippen LogP contribution in [0.1, 0.15) is 37.9 Å². The summed E-state index contributed by atoms with van der Waals surface area (Å²) in [6, 6.07) is 7.19. The molecule has 2 aliphatic rings. The molecule has 1 saturated heterocycles. The molecule has 1 fully saturated rings. The molecule has 1 aromatic rings. The summed E-state index contributed by atoms with van der Waals surface area (Å²) < 4.78 is 0. The van der Waals surface area contributed by atoms with E-state index in [1.165, 1.54) is 11.1 Å². The quantitative estimate of drug-likeness (QED) is 0.626. The summed E-state index contributed by atoms with van der Waals surface area (Å²) in [7, 11) is 2.07. The number of anilines is 1. The zero-order valence-corrected chi connectivity index (χ0v) is 16.3. The maximum absolute atomic E-state index is 5.55. The Morgan fingerprint density at radius 3 is 2.56 bits per heavy atom. The molecule has 25 heavy (non-hydrogen) atoms. The Balaban J connectivity index is 2.13. The molecule has 0 spiro atoms. The van der Waals surface area contributed by atoms with Crippen LogP contribution in [-0.4, -0.2) is 29.1 Å². The van der Waals surface area contributed by atoms with Crippen LogP contribution < -0.4 is 10.6 Å². The predicted molar refractivity (Wildman–Crippen MR) is 111 cm³/mol. The number of allylic oxidation sites excluding steroid dienone is 2. The maximum atomic E-state index is 5.55. The van der Waals surface area contributed by atoms with Gasteiger partial charge in [-0.1, -0.05) is 64.3 Å². The molecule has 1 unspecified atom stereocenters. The lowest BCUT2D eigenvalue weighted by molar-refractivity contribution is 0.345. The Kier molecular flexibility index (Phi) is 4.50. The van der Waals surface area contributed by atoms with E-state index >= 15 is 0 Å². The van der Waals surface area contributed by atoms with Gasteiger partial charge in [-0.2, -0.15) is 0 Å². The zero-order chi connectivity index (χ0) is 18.4. The molecule has 2 N–H and O–H groups in total. The van der Waals surface area contributed by atoms with E-state index in [2.05, 4.69) is 74.7 Å². The van der Waals surface area contributed by atoms with Crippen molar-refractivity contribution >= 4 is 23.0 Å². The van der Waals surface area contributed by atoms with Crippen LogP contribution in [0.25, 0.3) is 0 Å². The van der Waals surface area contributed by atoms with Gasteiger partial charge in [-0.25, -0.2) is 0 Å². The first-order chi connectivity index (χ1) is 11.8. The fourth-order valence-corrected chi connectivity index (χ4v) is 4.00. The van der Waals surface area contributed by atoms with Gasteiger partial charge >= 0.3 is 0 Å². The lowest BCUT2D eigenvalue weighted by Gasteiger charge is -2.39. The van der Waals surface area contributed by atoms with Gasteiger partial charge in [0.1, 0.15) is 0 Å². The molecular formula is C21H27N3S. The maximum Gasteiger partial charge on any atom is 0.169 e. The van der Waals surface area contributed by atoms with Crippen LogP contribution >= 0.6 is 12.2 Å². The van der Waals surface area contributed by atoms with Gasteiger partial charge in [0, 0.05) is 18.3 Å². The first-order valence-electron chi connectivity index (χ1n) is 8.67. The number of fused-ring (bicyclic) bond motifs is 3. The molecule has 4 heteroatoms. The summed E-state index contributed by atoms with van der Waals surface area (Å²) in [6.07, 6.45) is 5.72. The smallest absolute Gasteiger partial charge is 0.169 e. The summed E-state index contributed by atoms with van der Waals surface area (Å²) in [5.41, 5.74) is 5.02. The highest BCUT2D eigenvalue weighted by Gasteiger charge is 2.45. The lowest BCUT2D eigenvalue weighted by Crippen LogP contribution is -2.48. The van der Waals surface area contributed by atoms with E-state index in [-0.39, 0.29) is 23.5 Å². The van der Waals surface area contributed by atoms with Crippen molar-refractivity contribution < 1.29 is 0 Å².